The van der Waals surface area contributed by atoms with E-state index in [4.69, 9.17) is 9.97 Å². The van der Waals surface area contributed by atoms with Crippen molar-refractivity contribution in [2.24, 2.45) is 0 Å². The molecular formula is C20H19N3S. The van der Waals surface area contributed by atoms with Crippen LogP contribution >= 0.6 is 11.3 Å². The Morgan fingerprint density at radius 1 is 1.08 bits per heavy atom. The standard InChI is InChI=1S/C20H19N3S/c1-2-3-7-14-12-18(23-20(22-14)19-10-6-11-24-19)16-13-21-17-9-5-4-8-15(16)17/h4-6,8-13,21H,2-3,7H2,1H3. The van der Waals surface area contributed by atoms with Crippen molar-refractivity contribution >= 4 is 22.2 Å². The maximum atomic E-state index is 4.86. The Labute approximate surface area is 145 Å². The molecule has 0 spiro atoms. The van der Waals surface area contributed by atoms with Gasteiger partial charge in [0.05, 0.1) is 10.6 Å². The molecule has 4 rings (SSSR count). The van der Waals surface area contributed by atoms with Gasteiger partial charge in [-0.15, -0.1) is 11.3 Å². The number of aromatic nitrogens is 3. The summed E-state index contributed by atoms with van der Waals surface area (Å²) in [5, 5.41) is 3.28. The number of unbranched alkanes of at least 4 members (excludes halogenated alkanes) is 1. The number of hydrogen-bond acceptors (Lipinski definition) is 3. The monoisotopic (exact) mass is 333 g/mol. The van der Waals surface area contributed by atoms with E-state index in [2.05, 4.69) is 53.8 Å². The highest BCUT2D eigenvalue weighted by Gasteiger charge is 2.12. The summed E-state index contributed by atoms with van der Waals surface area (Å²) >= 11 is 1.69. The molecule has 1 N–H and O–H groups in total. The van der Waals surface area contributed by atoms with E-state index in [1.807, 2.05) is 12.1 Å². The van der Waals surface area contributed by atoms with E-state index in [0.717, 1.165) is 46.0 Å². The van der Waals surface area contributed by atoms with Crippen LogP contribution < -0.4 is 0 Å². The Bertz CT molecular complexity index is 954. The average Bonchev–Trinajstić information content (AvgIpc) is 3.29. The molecule has 0 aliphatic rings. The lowest BCUT2D eigenvalue weighted by molar-refractivity contribution is 0.775. The zero-order valence-corrected chi connectivity index (χ0v) is 14.4. The molecule has 0 atom stereocenters. The smallest absolute Gasteiger partial charge is 0.170 e. The van der Waals surface area contributed by atoms with Gasteiger partial charge < -0.3 is 4.98 Å². The zero-order chi connectivity index (χ0) is 16.4. The molecular weight excluding hydrogens is 314 g/mol. The van der Waals surface area contributed by atoms with Crippen LogP contribution in [0.25, 0.3) is 32.9 Å². The molecule has 0 amide bonds. The van der Waals surface area contributed by atoms with Crippen molar-refractivity contribution in [3.8, 4) is 22.0 Å². The van der Waals surface area contributed by atoms with E-state index in [1.54, 1.807) is 11.3 Å². The first-order valence-corrected chi connectivity index (χ1v) is 9.21. The van der Waals surface area contributed by atoms with Gasteiger partial charge in [-0.05, 0) is 36.4 Å². The summed E-state index contributed by atoms with van der Waals surface area (Å²) < 4.78 is 0. The number of fused-ring (bicyclic) bond motifs is 1. The normalized spacial score (nSPS) is 11.2. The molecule has 0 bridgehead atoms. The molecule has 3 aromatic heterocycles. The number of nitrogens with zero attached hydrogens (tertiary/aromatic N) is 2. The number of aromatic amines is 1. The number of para-hydroxylation sites is 1. The summed E-state index contributed by atoms with van der Waals surface area (Å²) in [4.78, 5) is 14.1. The number of nitrogens with one attached hydrogen (secondary N) is 1. The Hall–Kier alpha value is -2.46. The van der Waals surface area contributed by atoms with Crippen LogP contribution in [0.5, 0.6) is 0 Å². The summed E-state index contributed by atoms with van der Waals surface area (Å²) in [5.74, 6) is 0.832. The summed E-state index contributed by atoms with van der Waals surface area (Å²) in [7, 11) is 0. The Kier molecular flexibility index (Phi) is 4.13. The van der Waals surface area contributed by atoms with E-state index in [0.29, 0.717) is 0 Å². The van der Waals surface area contributed by atoms with Gasteiger partial charge >= 0.3 is 0 Å². The fourth-order valence-electron chi connectivity index (χ4n) is 2.92. The average molecular weight is 333 g/mol. The summed E-state index contributed by atoms with van der Waals surface area (Å²) in [6.45, 7) is 2.21. The second-order valence-electron chi connectivity index (χ2n) is 5.90. The first kappa shape index (κ1) is 15.1. The largest absolute Gasteiger partial charge is 0.360 e. The van der Waals surface area contributed by atoms with Gasteiger partial charge in [0.25, 0.3) is 0 Å². The number of benzene rings is 1. The molecule has 24 heavy (non-hydrogen) atoms. The van der Waals surface area contributed by atoms with Crippen LogP contribution in [-0.4, -0.2) is 15.0 Å². The predicted molar refractivity (Wildman–Crippen MR) is 101 cm³/mol. The van der Waals surface area contributed by atoms with Gasteiger partial charge in [0.2, 0.25) is 0 Å². The van der Waals surface area contributed by atoms with Crippen molar-refractivity contribution in [3.63, 3.8) is 0 Å². The molecule has 3 heterocycles. The van der Waals surface area contributed by atoms with E-state index >= 15 is 0 Å². The topological polar surface area (TPSA) is 41.6 Å². The van der Waals surface area contributed by atoms with Gasteiger partial charge in [0.15, 0.2) is 5.82 Å². The molecule has 120 valence electrons. The molecule has 0 radical (unpaired) electrons. The fraction of sp³-hybridized carbons (Fsp3) is 0.200. The molecule has 0 aliphatic heterocycles. The highest BCUT2D eigenvalue weighted by atomic mass is 32.1. The molecule has 0 aliphatic carbocycles. The number of H-pyrrole nitrogens is 1. The Balaban J connectivity index is 1.86. The molecule has 4 heteroatoms. The number of thiophene rings is 1. The minimum Gasteiger partial charge on any atom is -0.360 e. The van der Waals surface area contributed by atoms with Crippen LogP contribution in [-0.2, 0) is 6.42 Å². The van der Waals surface area contributed by atoms with Crippen LogP contribution in [0, 0.1) is 0 Å². The fourth-order valence-corrected chi connectivity index (χ4v) is 3.58. The summed E-state index contributed by atoms with van der Waals surface area (Å²) in [5.41, 5.74) is 4.40. The van der Waals surface area contributed by atoms with Gasteiger partial charge in [-0.1, -0.05) is 37.6 Å². The first-order valence-electron chi connectivity index (χ1n) is 8.33. The minimum atomic E-state index is 0.832. The lowest BCUT2D eigenvalue weighted by Crippen LogP contribution is -1.97. The highest BCUT2D eigenvalue weighted by Crippen LogP contribution is 2.30. The van der Waals surface area contributed by atoms with Crippen molar-refractivity contribution in [1.82, 2.24) is 15.0 Å². The van der Waals surface area contributed by atoms with Crippen molar-refractivity contribution < 1.29 is 0 Å². The molecule has 1 aromatic carbocycles. The quantitative estimate of drug-likeness (QED) is 0.509. The third-order valence-electron chi connectivity index (χ3n) is 4.17. The SMILES string of the molecule is CCCCc1cc(-c2c[nH]c3ccccc23)nc(-c2cccs2)n1. The Morgan fingerprint density at radius 3 is 2.83 bits per heavy atom. The van der Waals surface area contributed by atoms with Gasteiger partial charge in [-0.3, -0.25) is 0 Å². The Morgan fingerprint density at radius 2 is 2.00 bits per heavy atom. The van der Waals surface area contributed by atoms with Crippen molar-refractivity contribution in [2.75, 3.05) is 0 Å². The third-order valence-corrected chi connectivity index (χ3v) is 5.04. The van der Waals surface area contributed by atoms with Crippen molar-refractivity contribution in [2.45, 2.75) is 26.2 Å². The van der Waals surface area contributed by atoms with E-state index < -0.39 is 0 Å². The van der Waals surface area contributed by atoms with Crippen molar-refractivity contribution in [1.29, 1.82) is 0 Å². The molecule has 0 saturated heterocycles. The maximum Gasteiger partial charge on any atom is 0.170 e. The maximum absolute atomic E-state index is 4.86. The van der Waals surface area contributed by atoms with Gasteiger partial charge in [-0.25, -0.2) is 9.97 Å². The predicted octanol–water partition coefficient (Wildman–Crippen LogP) is 5.70. The van der Waals surface area contributed by atoms with Gasteiger partial charge in [0, 0.05) is 28.4 Å². The van der Waals surface area contributed by atoms with Gasteiger partial charge in [0.1, 0.15) is 0 Å². The summed E-state index contributed by atoms with van der Waals surface area (Å²) in [6, 6.07) is 14.6. The lowest BCUT2D eigenvalue weighted by atomic mass is 10.1. The summed E-state index contributed by atoms with van der Waals surface area (Å²) in [6.07, 6.45) is 5.36. The molecule has 0 unspecified atom stereocenters. The molecule has 3 nitrogen and oxygen atoms in total. The van der Waals surface area contributed by atoms with E-state index in [9.17, 15) is 0 Å². The number of rotatable bonds is 5. The van der Waals surface area contributed by atoms with Crippen LogP contribution in [0.4, 0.5) is 0 Å². The first-order chi connectivity index (χ1) is 11.8. The van der Waals surface area contributed by atoms with Crippen LogP contribution in [0.2, 0.25) is 0 Å². The van der Waals surface area contributed by atoms with Crippen LogP contribution in [0.15, 0.2) is 54.0 Å². The number of hydrogen-bond donors (Lipinski definition) is 1. The second-order valence-corrected chi connectivity index (χ2v) is 6.84. The number of aryl methyl sites for hydroxylation is 1. The molecule has 4 aromatic rings. The molecule has 0 fully saturated rings. The lowest BCUT2D eigenvalue weighted by Gasteiger charge is -2.07. The van der Waals surface area contributed by atoms with E-state index in [1.165, 1.54) is 11.8 Å². The highest BCUT2D eigenvalue weighted by molar-refractivity contribution is 7.13. The van der Waals surface area contributed by atoms with Crippen LogP contribution in [0.3, 0.4) is 0 Å². The van der Waals surface area contributed by atoms with Crippen LogP contribution in [0.1, 0.15) is 25.5 Å². The molecule has 0 saturated carbocycles. The third kappa shape index (κ3) is 2.85. The van der Waals surface area contributed by atoms with Crippen molar-refractivity contribution in [3.05, 3.63) is 59.7 Å². The zero-order valence-electron chi connectivity index (χ0n) is 13.6. The van der Waals surface area contributed by atoms with E-state index in [-0.39, 0.29) is 0 Å². The second kappa shape index (κ2) is 6.57. The minimum absolute atomic E-state index is 0.832. The van der Waals surface area contributed by atoms with Gasteiger partial charge in [-0.2, -0.15) is 0 Å².